The van der Waals surface area contributed by atoms with Crippen LogP contribution in [0.25, 0.3) is 0 Å². The maximum Gasteiger partial charge on any atom is 0.220 e. The highest BCUT2D eigenvalue weighted by Gasteiger charge is 2.57. The number of halogens is 2. The van der Waals surface area contributed by atoms with Crippen LogP contribution in [0.5, 0.6) is 0 Å². The minimum atomic E-state index is -0.0855. The average Bonchev–Trinajstić information content (AvgIpc) is 2.02. The van der Waals surface area contributed by atoms with Gasteiger partial charge >= 0.3 is 0 Å². The maximum atomic E-state index is 11.2. The van der Waals surface area contributed by atoms with Gasteiger partial charge in [-0.15, -0.1) is 24.8 Å². The first-order valence-electron chi connectivity index (χ1n) is 5.24. The Balaban J connectivity index is 0.000000980. The number of rotatable bonds is 1. The van der Waals surface area contributed by atoms with Crippen LogP contribution in [-0.2, 0) is 4.79 Å². The molecule has 4 heteroatoms. The molecular formula is C11H21Cl2NO. The predicted molar refractivity (Wildman–Crippen MR) is 66.3 cm³/mol. The maximum absolute atomic E-state index is 11.2. The van der Waals surface area contributed by atoms with E-state index >= 15 is 0 Å². The quantitative estimate of drug-likeness (QED) is 0.768. The van der Waals surface area contributed by atoms with Crippen molar-refractivity contribution in [2.75, 3.05) is 0 Å². The fraction of sp³-hybridized carbons (Fsp3) is 0.909. The number of fused-ring (bicyclic) bond motifs is 2. The van der Waals surface area contributed by atoms with Crippen LogP contribution >= 0.6 is 24.8 Å². The topological polar surface area (TPSA) is 43.1 Å². The van der Waals surface area contributed by atoms with Gasteiger partial charge in [0.25, 0.3) is 0 Å². The standard InChI is InChI=1S/C11H19NO.2ClH/c1-6-8(10(12)13)4-7-5-9(6)11(7,2)3;;/h6-9H,4-5H2,1-3H3,(H2,12,13);2*1H/t6-,7+,8+,9+;;/m1../s1. The lowest BCUT2D eigenvalue weighted by Gasteiger charge is -2.61. The van der Waals surface area contributed by atoms with E-state index < -0.39 is 0 Å². The van der Waals surface area contributed by atoms with E-state index in [1.807, 2.05) is 0 Å². The third-order valence-electron chi connectivity index (χ3n) is 4.72. The fourth-order valence-electron chi connectivity index (χ4n) is 3.53. The third-order valence-corrected chi connectivity index (χ3v) is 4.72. The molecule has 3 saturated carbocycles. The SMILES string of the molecule is C[C@@H]1[C@@H](C(N)=O)C[C@H]2C[C@@H]1C2(C)C.Cl.Cl. The second-order valence-electron chi connectivity index (χ2n) is 5.46. The van der Waals surface area contributed by atoms with Gasteiger partial charge in [0.2, 0.25) is 5.91 Å². The van der Waals surface area contributed by atoms with Gasteiger partial charge in [0.05, 0.1) is 0 Å². The van der Waals surface area contributed by atoms with E-state index in [-0.39, 0.29) is 36.6 Å². The molecule has 4 atom stereocenters. The van der Waals surface area contributed by atoms with E-state index in [0.29, 0.717) is 11.3 Å². The molecule has 0 spiro atoms. The molecule has 0 radical (unpaired) electrons. The smallest absolute Gasteiger partial charge is 0.220 e. The van der Waals surface area contributed by atoms with E-state index in [0.717, 1.165) is 18.3 Å². The van der Waals surface area contributed by atoms with Crippen molar-refractivity contribution < 1.29 is 4.79 Å². The van der Waals surface area contributed by atoms with Gasteiger partial charge in [-0.2, -0.15) is 0 Å². The van der Waals surface area contributed by atoms with Crippen LogP contribution in [0.4, 0.5) is 0 Å². The molecule has 90 valence electrons. The molecular weight excluding hydrogens is 233 g/mol. The highest BCUT2D eigenvalue weighted by atomic mass is 35.5. The highest BCUT2D eigenvalue weighted by Crippen LogP contribution is 2.62. The van der Waals surface area contributed by atoms with Gasteiger partial charge < -0.3 is 5.73 Å². The Bertz CT molecular complexity index is 255. The number of nitrogens with two attached hydrogens (primary N) is 1. The first-order chi connectivity index (χ1) is 5.94. The summed E-state index contributed by atoms with van der Waals surface area (Å²) in [5.41, 5.74) is 5.85. The normalized spacial score (nSPS) is 40.5. The molecule has 2 bridgehead atoms. The van der Waals surface area contributed by atoms with Crippen LogP contribution in [0.15, 0.2) is 0 Å². The lowest BCUT2D eigenvalue weighted by atomic mass is 9.43. The van der Waals surface area contributed by atoms with Gasteiger partial charge in [0.1, 0.15) is 0 Å². The first-order valence-corrected chi connectivity index (χ1v) is 5.24. The van der Waals surface area contributed by atoms with Gasteiger partial charge in [0.15, 0.2) is 0 Å². The Morgan fingerprint density at radius 3 is 2.13 bits per heavy atom. The lowest BCUT2D eigenvalue weighted by Crippen LogP contribution is -2.57. The molecule has 2 nitrogen and oxygen atoms in total. The van der Waals surface area contributed by atoms with Crippen LogP contribution in [0.2, 0.25) is 0 Å². The average molecular weight is 254 g/mol. The Morgan fingerprint density at radius 1 is 1.27 bits per heavy atom. The van der Waals surface area contributed by atoms with Crippen LogP contribution in [0.3, 0.4) is 0 Å². The summed E-state index contributed by atoms with van der Waals surface area (Å²) in [6.07, 6.45) is 2.35. The molecule has 3 aliphatic rings. The summed E-state index contributed by atoms with van der Waals surface area (Å²) in [4.78, 5) is 11.2. The molecule has 0 unspecified atom stereocenters. The Hall–Kier alpha value is 0.0500. The van der Waals surface area contributed by atoms with Gasteiger partial charge in [-0.3, -0.25) is 4.79 Å². The molecule has 3 aliphatic carbocycles. The summed E-state index contributed by atoms with van der Waals surface area (Å²) < 4.78 is 0. The lowest BCUT2D eigenvalue weighted by molar-refractivity contribution is -0.151. The zero-order chi connectivity index (χ0) is 9.80. The molecule has 3 rings (SSSR count). The Kier molecular flexibility index (Phi) is 4.52. The molecule has 1 amide bonds. The van der Waals surface area contributed by atoms with Crippen LogP contribution < -0.4 is 5.73 Å². The minimum Gasteiger partial charge on any atom is -0.369 e. The van der Waals surface area contributed by atoms with Crippen molar-refractivity contribution in [3.05, 3.63) is 0 Å². The second-order valence-corrected chi connectivity index (χ2v) is 5.46. The molecule has 0 aromatic heterocycles. The first kappa shape index (κ1) is 15.0. The van der Waals surface area contributed by atoms with Crippen molar-refractivity contribution >= 4 is 30.7 Å². The number of hydrogen-bond donors (Lipinski definition) is 1. The van der Waals surface area contributed by atoms with Crippen molar-refractivity contribution in [3.63, 3.8) is 0 Å². The molecule has 0 aromatic rings. The molecule has 2 N–H and O–H groups in total. The van der Waals surface area contributed by atoms with E-state index in [1.54, 1.807) is 0 Å². The summed E-state index contributed by atoms with van der Waals surface area (Å²) in [5, 5.41) is 0. The monoisotopic (exact) mass is 253 g/mol. The van der Waals surface area contributed by atoms with E-state index in [4.69, 9.17) is 5.73 Å². The van der Waals surface area contributed by atoms with Gasteiger partial charge in [-0.1, -0.05) is 20.8 Å². The van der Waals surface area contributed by atoms with Gasteiger partial charge in [-0.05, 0) is 36.0 Å². The predicted octanol–water partition coefficient (Wildman–Crippen LogP) is 2.63. The summed E-state index contributed by atoms with van der Waals surface area (Å²) in [6.45, 7) is 6.86. The molecule has 0 aliphatic heterocycles. The summed E-state index contributed by atoms with van der Waals surface area (Å²) >= 11 is 0. The second kappa shape index (κ2) is 4.50. The van der Waals surface area contributed by atoms with Crippen molar-refractivity contribution in [2.45, 2.75) is 33.6 Å². The van der Waals surface area contributed by atoms with Gasteiger partial charge in [-0.25, -0.2) is 0 Å². The molecule has 15 heavy (non-hydrogen) atoms. The summed E-state index contributed by atoms with van der Waals surface area (Å²) in [6, 6.07) is 0. The summed E-state index contributed by atoms with van der Waals surface area (Å²) in [7, 11) is 0. The zero-order valence-electron chi connectivity index (χ0n) is 9.53. The van der Waals surface area contributed by atoms with Crippen LogP contribution in [-0.4, -0.2) is 5.91 Å². The number of primary amides is 1. The Morgan fingerprint density at radius 2 is 1.80 bits per heavy atom. The number of carbonyl (C=O) groups is 1. The minimum absolute atomic E-state index is 0. The zero-order valence-corrected chi connectivity index (χ0v) is 11.2. The number of amides is 1. The van der Waals surface area contributed by atoms with E-state index in [9.17, 15) is 4.79 Å². The van der Waals surface area contributed by atoms with Crippen molar-refractivity contribution in [2.24, 2.45) is 34.8 Å². The van der Waals surface area contributed by atoms with Crippen molar-refractivity contribution in [1.82, 2.24) is 0 Å². The van der Waals surface area contributed by atoms with Crippen LogP contribution in [0, 0.1) is 29.1 Å². The highest BCUT2D eigenvalue weighted by molar-refractivity contribution is 5.85. The molecule has 3 fully saturated rings. The molecule has 0 heterocycles. The van der Waals surface area contributed by atoms with Gasteiger partial charge in [0, 0.05) is 5.92 Å². The molecule has 0 aromatic carbocycles. The Labute approximate surface area is 104 Å². The van der Waals surface area contributed by atoms with Crippen molar-refractivity contribution in [1.29, 1.82) is 0 Å². The number of hydrogen-bond acceptors (Lipinski definition) is 1. The van der Waals surface area contributed by atoms with E-state index in [1.165, 1.54) is 6.42 Å². The largest absolute Gasteiger partial charge is 0.369 e. The van der Waals surface area contributed by atoms with Crippen LogP contribution in [0.1, 0.15) is 33.6 Å². The molecule has 0 saturated heterocycles. The fourth-order valence-corrected chi connectivity index (χ4v) is 3.53. The van der Waals surface area contributed by atoms with Crippen molar-refractivity contribution in [3.8, 4) is 0 Å². The third kappa shape index (κ3) is 1.99. The van der Waals surface area contributed by atoms with E-state index in [2.05, 4.69) is 20.8 Å². The number of carbonyl (C=O) groups excluding carboxylic acids is 1. The summed E-state index contributed by atoms with van der Waals surface area (Å²) in [5.74, 6) is 2.03.